The third-order valence-electron chi connectivity index (χ3n) is 2.18. The smallest absolute Gasteiger partial charge is 0.193 e. The molecule has 16 heavy (non-hydrogen) atoms. The predicted molar refractivity (Wildman–Crippen MR) is 80.6 cm³/mol. The molecule has 0 radical (unpaired) electrons. The lowest BCUT2D eigenvalue weighted by Crippen LogP contribution is -2.37. The van der Waals surface area contributed by atoms with Gasteiger partial charge in [-0.05, 0) is 12.0 Å². The van der Waals surface area contributed by atoms with Crippen molar-refractivity contribution in [1.82, 2.24) is 10.2 Å². The van der Waals surface area contributed by atoms with Gasteiger partial charge in [0.2, 0.25) is 0 Å². The predicted octanol–water partition coefficient (Wildman–Crippen LogP) is 1.98. The summed E-state index contributed by atoms with van der Waals surface area (Å²) in [5, 5.41) is 3.29. The van der Waals surface area contributed by atoms with Crippen LogP contribution in [0, 0.1) is 0 Å². The minimum absolute atomic E-state index is 0. The molecule has 0 amide bonds. The van der Waals surface area contributed by atoms with Crippen LogP contribution in [0.5, 0.6) is 0 Å². The van der Waals surface area contributed by atoms with Crippen molar-refractivity contribution in [3.8, 4) is 0 Å². The molecule has 0 aliphatic heterocycles. The number of hydrogen-bond donors (Lipinski definition) is 1. The van der Waals surface area contributed by atoms with Gasteiger partial charge in [0.15, 0.2) is 5.96 Å². The lowest BCUT2D eigenvalue weighted by molar-refractivity contribution is 0.583. The van der Waals surface area contributed by atoms with Crippen LogP contribution in [0.4, 0.5) is 0 Å². The second kappa shape index (κ2) is 8.38. The van der Waals surface area contributed by atoms with Crippen molar-refractivity contribution in [2.24, 2.45) is 4.99 Å². The summed E-state index contributed by atoms with van der Waals surface area (Å²) in [7, 11) is 5.76. The fourth-order valence-electron chi connectivity index (χ4n) is 1.40. The fraction of sp³-hybridized carbons (Fsp3) is 0.417. The Morgan fingerprint density at radius 1 is 1.25 bits per heavy atom. The maximum atomic E-state index is 4.15. The van der Waals surface area contributed by atoms with Gasteiger partial charge < -0.3 is 10.2 Å². The highest BCUT2D eigenvalue weighted by atomic mass is 127. The fourth-order valence-corrected chi connectivity index (χ4v) is 1.40. The number of rotatable bonds is 3. The third kappa shape index (κ3) is 5.34. The zero-order valence-electron chi connectivity index (χ0n) is 10.1. The van der Waals surface area contributed by atoms with Crippen LogP contribution in [-0.2, 0) is 6.42 Å². The van der Waals surface area contributed by atoms with Gasteiger partial charge in [-0.25, -0.2) is 0 Å². The zero-order chi connectivity index (χ0) is 11.1. The van der Waals surface area contributed by atoms with Gasteiger partial charge >= 0.3 is 0 Å². The number of hydrogen-bond acceptors (Lipinski definition) is 1. The van der Waals surface area contributed by atoms with E-state index in [4.69, 9.17) is 0 Å². The number of guanidine groups is 1. The Bertz CT molecular complexity index is 309. The minimum atomic E-state index is 0. The summed E-state index contributed by atoms with van der Waals surface area (Å²) in [4.78, 5) is 6.13. The molecule has 90 valence electrons. The number of nitrogens with one attached hydrogen (secondary N) is 1. The van der Waals surface area contributed by atoms with Gasteiger partial charge in [0.1, 0.15) is 0 Å². The zero-order valence-corrected chi connectivity index (χ0v) is 12.4. The molecule has 0 saturated heterocycles. The van der Waals surface area contributed by atoms with E-state index in [2.05, 4.69) is 34.6 Å². The van der Waals surface area contributed by atoms with Crippen molar-refractivity contribution < 1.29 is 0 Å². The second-order valence-electron chi connectivity index (χ2n) is 3.60. The van der Waals surface area contributed by atoms with Crippen molar-refractivity contribution in [1.29, 1.82) is 0 Å². The molecule has 0 spiro atoms. The van der Waals surface area contributed by atoms with Crippen LogP contribution < -0.4 is 5.32 Å². The first kappa shape index (κ1) is 15.2. The first-order chi connectivity index (χ1) is 7.24. The van der Waals surface area contributed by atoms with Crippen LogP contribution >= 0.6 is 24.0 Å². The normalized spacial score (nSPS) is 10.6. The molecule has 0 aromatic heterocycles. The first-order valence-corrected chi connectivity index (χ1v) is 5.16. The van der Waals surface area contributed by atoms with Crippen LogP contribution in [0.1, 0.15) is 5.56 Å². The van der Waals surface area contributed by atoms with E-state index in [-0.39, 0.29) is 24.0 Å². The largest absolute Gasteiger partial charge is 0.356 e. The maximum Gasteiger partial charge on any atom is 0.193 e. The minimum Gasteiger partial charge on any atom is -0.356 e. The van der Waals surface area contributed by atoms with E-state index >= 15 is 0 Å². The van der Waals surface area contributed by atoms with E-state index in [1.807, 2.05) is 25.1 Å². The molecular weight excluding hydrogens is 313 g/mol. The van der Waals surface area contributed by atoms with Gasteiger partial charge in [0.05, 0.1) is 0 Å². The van der Waals surface area contributed by atoms with Gasteiger partial charge in [0.25, 0.3) is 0 Å². The van der Waals surface area contributed by atoms with E-state index in [0.717, 1.165) is 18.9 Å². The van der Waals surface area contributed by atoms with Crippen LogP contribution in [0.3, 0.4) is 0 Å². The molecule has 1 rings (SSSR count). The topological polar surface area (TPSA) is 27.6 Å². The molecule has 0 unspecified atom stereocenters. The Hall–Kier alpha value is -0.780. The van der Waals surface area contributed by atoms with Crippen LogP contribution in [-0.4, -0.2) is 38.5 Å². The van der Waals surface area contributed by atoms with Gasteiger partial charge in [-0.3, -0.25) is 4.99 Å². The molecule has 0 bridgehead atoms. The van der Waals surface area contributed by atoms with E-state index < -0.39 is 0 Å². The van der Waals surface area contributed by atoms with Gasteiger partial charge in [-0.1, -0.05) is 30.3 Å². The summed E-state index contributed by atoms with van der Waals surface area (Å²) in [5.74, 6) is 0.922. The summed E-state index contributed by atoms with van der Waals surface area (Å²) in [6.07, 6.45) is 1.02. The van der Waals surface area contributed by atoms with Crippen LogP contribution in [0.25, 0.3) is 0 Å². The number of aliphatic imine (C=N–C) groups is 1. The molecule has 0 saturated carbocycles. The Balaban J connectivity index is 0.00000225. The summed E-state index contributed by atoms with van der Waals surface area (Å²) in [6.45, 7) is 0.912. The molecule has 4 heteroatoms. The monoisotopic (exact) mass is 333 g/mol. The van der Waals surface area contributed by atoms with Crippen LogP contribution in [0.2, 0.25) is 0 Å². The lowest BCUT2D eigenvalue weighted by Gasteiger charge is -2.16. The highest BCUT2D eigenvalue weighted by Gasteiger charge is 1.98. The molecular formula is C12H20IN3. The molecule has 3 nitrogen and oxygen atoms in total. The summed E-state index contributed by atoms with van der Waals surface area (Å²) >= 11 is 0. The van der Waals surface area contributed by atoms with Crippen molar-refractivity contribution >= 4 is 29.9 Å². The Labute approximate surface area is 115 Å². The van der Waals surface area contributed by atoms with Crippen molar-refractivity contribution in [3.63, 3.8) is 0 Å². The van der Waals surface area contributed by atoms with Gasteiger partial charge in [0, 0.05) is 27.7 Å². The van der Waals surface area contributed by atoms with E-state index in [0.29, 0.717) is 0 Å². The Morgan fingerprint density at radius 3 is 2.38 bits per heavy atom. The molecule has 1 aromatic carbocycles. The number of nitrogens with zero attached hydrogens (tertiary/aromatic N) is 2. The second-order valence-corrected chi connectivity index (χ2v) is 3.60. The van der Waals surface area contributed by atoms with E-state index in [1.54, 1.807) is 7.05 Å². The molecule has 0 aliphatic rings. The van der Waals surface area contributed by atoms with Crippen molar-refractivity contribution in [2.45, 2.75) is 6.42 Å². The van der Waals surface area contributed by atoms with Gasteiger partial charge in [-0.2, -0.15) is 0 Å². The first-order valence-electron chi connectivity index (χ1n) is 5.16. The van der Waals surface area contributed by atoms with Crippen molar-refractivity contribution in [3.05, 3.63) is 35.9 Å². The number of benzene rings is 1. The molecule has 1 aromatic rings. The summed E-state index contributed by atoms with van der Waals surface area (Å²) in [5.41, 5.74) is 1.35. The highest BCUT2D eigenvalue weighted by Crippen LogP contribution is 1.98. The quantitative estimate of drug-likeness (QED) is 0.520. The Kier molecular flexibility index (Phi) is 7.97. The third-order valence-corrected chi connectivity index (χ3v) is 2.18. The molecule has 0 atom stereocenters. The summed E-state index contributed by atoms with van der Waals surface area (Å²) < 4.78 is 0. The highest BCUT2D eigenvalue weighted by molar-refractivity contribution is 14.0. The van der Waals surface area contributed by atoms with E-state index in [9.17, 15) is 0 Å². The molecule has 0 fully saturated rings. The SMILES string of the molecule is CN=C(NCCc1ccccc1)N(C)C.I. The Morgan fingerprint density at radius 2 is 1.88 bits per heavy atom. The molecule has 0 aliphatic carbocycles. The number of halogens is 1. The molecule has 1 N–H and O–H groups in total. The lowest BCUT2D eigenvalue weighted by atomic mass is 10.1. The standard InChI is InChI=1S/C12H19N3.HI/c1-13-12(15(2)3)14-10-9-11-7-5-4-6-8-11;/h4-8H,9-10H2,1-3H3,(H,13,14);1H. The average Bonchev–Trinajstić information content (AvgIpc) is 2.25. The van der Waals surface area contributed by atoms with Crippen LogP contribution in [0.15, 0.2) is 35.3 Å². The average molecular weight is 333 g/mol. The summed E-state index contributed by atoms with van der Waals surface area (Å²) in [6, 6.07) is 10.4. The van der Waals surface area contributed by atoms with E-state index in [1.165, 1.54) is 5.56 Å². The maximum absolute atomic E-state index is 4.15. The van der Waals surface area contributed by atoms with Gasteiger partial charge in [-0.15, -0.1) is 24.0 Å². The molecule has 0 heterocycles. The van der Waals surface area contributed by atoms with Crippen molar-refractivity contribution in [2.75, 3.05) is 27.7 Å².